The van der Waals surface area contributed by atoms with E-state index in [1.165, 1.54) is 23.9 Å². The summed E-state index contributed by atoms with van der Waals surface area (Å²) in [4.78, 5) is 11.2. The largest absolute Gasteiger partial charge is 0.477 e. The molecule has 1 aromatic heterocycles. The molecule has 0 saturated heterocycles. The Morgan fingerprint density at radius 1 is 1.62 bits per heavy atom. The summed E-state index contributed by atoms with van der Waals surface area (Å²) in [5, 5.41) is 17.9. The quantitative estimate of drug-likeness (QED) is 0.856. The number of carbonyl (C=O) groups is 1. The second-order valence-electron chi connectivity index (χ2n) is 5.24. The number of hydrogen-bond acceptors (Lipinski definition) is 4. The first-order chi connectivity index (χ1) is 9.78. The molecular weight excluding hydrogens is 294 g/mol. The van der Waals surface area contributed by atoms with Crippen molar-refractivity contribution in [1.82, 2.24) is 8.87 Å². The number of aromatic carboxylic acids is 1. The molecule has 1 aliphatic carbocycles. The van der Waals surface area contributed by atoms with E-state index < -0.39 is 22.0 Å². The molecule has 0 aliphatic heterocycles. The molecule has 1 atom stereocenters. The average Bonchev–Trinajstić information content (AvgIpc) is 3.15. The third-order valence-electron chi connectivity index (χ3n) is 3.67. The van der Waals surface area contributed by atoms with Gasteiger partial charge in [0.2, 0.25) is 10.0 Å². The fourth-order valence-corrected chi connectivity index (χ4v) is 3.47. The van der Waals surface area contributed by atoms with E-state index >= 15 is 0 Å². The van der Waals surface area contributed by atoms with E-state index in [2.05, 4.69) is 0 Å². The highest BCUT2D eigenvalue weighted by Gasteiger charge is 2.32. The maximum atomic E-state index is 12.5. The van der Waals surface area contributed by atoms with Crippen molar-refractivity contribution in [3.63, 3.8) is 0 Å². The highest BCUT2D eigenvalue weighted by molar-refractivity contribution is 7.89. The highest BCUT2D eigenvalue weighted by atomic mass is 32.2. The summed E-state index contributed by atoms with van der Waals surface area (Å²) in [6, 6.07) is 2.71. The lowest BCUT2D eigenvalue weighted by atomic mass is 10.3. The van der Waals surface area contributed by atoms with Crippen LogP contribution in [0.4, 0.5) is 0 Å². The number of carboxylic acids is 1. The number of nitrogens with zero attached hydrogens (tertiary/aromatic N) is 3. The smallest absolute Gasteiger partial charge is 0.352 e. The van der Waals surface area contributed by atoms with Gasteiger partial charge in [0.1, 0.15) is 10.6 Å². The molecule has 0 spiro atoms. The summed E-state index contributed by atoms with van der Waals surface area (Å²) in [5.74, 6) is -1.14. The fourth-order valence-electron chi connectivity index (χ4n) is 2.09. The van der Waals surface area contributed by atoms with Gasteiger partial charge < -0.3 is 9.67 Å². The standard InChI is InChI=1S/C13H17N3O4S/c1-9(5-6-14)15(2)21(19,20)11-7-12(13(17)18)16(8-11)10-3-4-10/h7-10H,3-5H2,1-2H3,(H,17,18). The Balaban J connectivity index is 2.39. The average molecular weight is 311 g/mol. The van der Waals surface area contributed by atoms with Gasteiger partial charge >= 0.3 is 5.97 Å². The van der Waals surface area contributed by atoms with Crippen LogP contribution in [0.25, 0.3) is 0 Å². The fraction of sp³-hybridized carbons (Fsp3) is 0.538. The molecule has 21 heavy (non-hydrogen) atoms. The molecule has 0 aromatic carbocycles. The lowest BCUT2D eigenvalue weighted by Gasteiger charge is -2.21. The number of rotatable bonds is 6. The second-order valence-corrected chi connectivity index (χ2v) is 7.23. The number of sulfonamides is 1. The molecule has 0 radical (unpaired) electrons. The van der Waals surface area contributed by atoms with Crippen molar-refractivity contribution in [3.05, 3.63) is 18.0 Å². The third kappa shape index (κ3) is 2.94. The van der Waals surface area contributed by atoms with Crippen molar-refractivity contribution in [2.24, 2.45) is 0 Å². The number of aromatic nitrogens is 1. The Labute approximate surface area is 123 Å². The topological polar surface area (TPSA) is 103 Å². The van der Waals surface area contributed by atoms with Crippen molar-refractivity contribution in [3.8, 4) is 6.07 Å². The van der Waals surface area contributed by atoms with Crippen molar-refractivity contribution < 1.29 is 18.3 Å². The second kappa shape index (κ2) is 5.50. The monoisotopic (exact) mass is 311 g/mol. The van der Waals surface area contributed by atoms with Crippen LogP contribution in [0.3, 0.4) is 0 Å². The van der Waals surface area contributed by atoms with Gasteiger partial charge in [0.05, 0.1) is 12.5 Å². The third-order valence-corrected chi connectivity index (χ3v) is 5.60. The first kappa shape index (κ1) is 15.5. The Hall–Kier alpha value is -1.85. The van der Waals surface area contributed by atoms with Crippen molar-refractivity contribution in [2.45, 2.75) is 43.2 Å². The zero-order valence-corrected chi connectivity index (χ0v) is 12.7. The van der Waals surface area contributed by atoms with Crippen molar-refractivity contribution in [2.75, 3.05) is 7.05 Å². The SMILES string of the molecule is CC(CC#N)N(C)S(=O)(=O)c1cc(C(=O)O)n(C2CC2)c1. The predicted octanol–water partition coefficient (Wildman–Crippen LogP) is 1.44. The molecule has 1 N–H and O–H groups in total. The van der Waals surface area contributed by atoms with Crippen molar-refractivity contribution in [1.29, 1.82) is 5.26 Å². The van der Waals surface area contributed by atoms with Gasteiger partial charge in [-0.2, -0.15) is 9.57 Å². The number of carboxylic acid groups (broad SMARTS) is 1. The zero-order chi connectivity index (χ0) is 15.8. The van der Waals surface area contributed by atoms with E-state index in [-0.39, 0.29) is 23.1 Å². The lowest BCUT2D eigenvalue weighted by molar-refractivity contribution is 0.0685. The Morgan fingerprint density at radius 2 is 2.24 bits per heavy atom. The van der Waals surface area contributed by atoms with Crippen LogP contribution in [-0.4, -0.2) is 41.5 Å². The molecule has 1 aromatic rings. The van der Waals surface area contributed by atoms with E-state index in [1.807, 2.05) is 6.07 Å². The van der Waals surface area contributed by atoms with E-state index in [4.69, 9.17) is 5.26 Å². The van der Waals surface area contributed by atoms with Crippen LogP contribution < -0.4 is 0 Å². The van der Waals surface area contributed by atoms with E-state index in [1.54, 1.807) is 6.92 Å². The van der Waals surface area contributed by atoms with Crippen LogP contribution in [0.1, 0.15) is 42.7 Å². The summed E-state index contributed by atoms with van der Waals surface area (Å²) < 4.78 is 27.6. The van der Waals surface area contributed by atoms with Crippen molar-refractivity contribution >= 4 is 16.0 Å². The molecule has 0 amide bonds. The molecule has 114 valence electrons. The molecule has 0 bridgehead atoms. The maximum Gasteiger partial charge on any atom is 0.352 e. The van der Waals surface area contributed by atoms with Gasteiger partial charge in [-0.15, -0.1) is 0 Å². The molecule has 1 fully saturated rings. The Morgan fingerprint density at radius 3 is 2.71 bits per heavy atom. The molecule has 2 rings (SSSR count). The molecule has 1 aliphatic rings. The lowest BCUT2D eigenvalue weighted by Crippen LogP contribution is -2.34. The zero-order valence-electron chi connectivity index (χ0n) is 11.9. The van der Waals surface area contributed by atoms with Gasteiger partial charge in [0.15, 0.2) is 0 Å². The minimum Gasteiger partial charge on any atom is -0.477 e. The summed E-state index contributed by atoms with van der Waals surface area (Å²) in [6.45, 7) is 1.64. The summed E-state index contributed by atoms with van der Waals surface area (Å²) in [5.41, 5.74) is -0.0163. The molecular formula is C13H17N3O4S. The van der Waals surface area contributed by atoms with Crippen LogP contribution in [0, 0.1) is 11.3 Å². The minimum absolute atomic E-state index is 0.0163. The van der Waals surface area contributed by atoms with Crippen LogP contribution in [-0.2, 0) is 10.0 Å². The molecule has 7 nitrogen and oxygen atoms in total. The summed E-state index contributed by atoms with van der Waals surface area (Å²) >= 11 is 0. The van der Waals surface area contributed by atoms with Gasteiger partial charge in [0, 0.05) is 25.3 Å². The van der Waals surface area contributed by atoms with Crippen LogP contribution >= 0.6 is 0 Å². The first-order valence-electron chi connectivity index (χ1n) is 6.59. The van der Waals surface area contributed by atoms with Gasteiger partial charge in [0.25, 0.3) is 0 Å². The summed E-state index contributed by atoms with van der Waals surface area (Å²) in [6.07, 6.45) is 3.17. The number of nitriles is 1. The Kier molecular flexibility index (Phi) is 4.07. The molecule has 8 heteroatoms. The summed E-state index contributed by atoms with van der Waals surface area (Å²) in [7, 11) is -2.41. The predicted molar refractivity (Wildman–Crippen MR) is 74.3 cm³/mol. The van der Waals surface area contributed by atoms with E-state index in [0.29, 0.717) is 0 Å². The van der Waals surface area contributed by atoms with E-state index in [0.717, 1.165) is 17.1 Å². The molecule has 1 unspecified atom stereocenters. The first-order valence-corrected chi connectivity index (χ1v) is 8.03. The van der Waals surface area contributed by atoms with Gasteiger partial charge in [-0.1, -0.05) is 0 Å². The minimum atomic E-state index is -3.80. The number of hydrogen-bond donors (Lipinski definition) is 1. The maximum absolute atomic E-state index is 12.5. The van der Waals surface area contributed by atoms with Crippen LogP contribution in [0.5, 0.6) is 0 Å². The Bertz CT molecular complexity index is 697. The van der Waals surface area contributed by atoms with Crippen LogP contribution in [0.2, 0.25) is 0 Å². The van der Waals surface area contributed by atoms with Gasteiger partial charge in [-0.3, -0.25) is 0 Å². The normalized spacial score (nSPS) is 16.7. The van der Waals surface area contributed by atoms with Crippen LogP contribution in [0.15, 0.2) is 17.2 Å². The highest BCUT2D eigenvalue weighted by Crippen LogP contribution is 2.37. The molecule has 1 heterocycles. The van der Waals surface area contributed by atoms with E-state index in [9.17, 15) is 18.3 Å². The van der Waals surface area contributed by atoms with Gasteiger partial charge in [-0.25, -0.2) is 13.2 Å². The molecule has 1 saturated carbocycles. The van der Waals surface area contributed by atoms with Gasteiger partial charge in [-0.05, 0) is 25.8 Å².